The van der Waals surface area contributed by atoms with Gasteiger partial charge in [-0.25, -0.2) is 17.9 Å². The van der Waals surface area contributed by atoms with E-state index in [9.17, 15) is 18.0 Å². The van der Waals surface area contributed by atoms with Gasteiger partial charge in [-0.05, 0) is 12.5 Å². The zero-order valence-electron chi connectivity index (χ0n) is 13.2. The highest BCUT2D eigenvalue weighted by Crippen LogP contribution is 2.17. The highest BCUT2D eigenvalue weighted by molar-refractivity contribution is 7.89. The lowest BCUT2D eigenvalue weighted by Gasteiger charge is -2.17. The molecule has 0 spiro atoms. The summed E-state index contributed by atoms with van der Waals surface area (Å²) >= 11 is 0. The minimum atomic E-state index is -3.97. The van der Waals surface area contributed by atoms with E-state index in [0.29, 0.717) is 6.54 Å². The normalized spacial score (nSPS) is 23.1. The summed E-state index contributed by atoms with van der Waals surface area (Å²) in [5.41, 5.74) is -1.37. The van der Waals surface area contributed by atoms with Crippen molar-refractivity contribution in [2.75, 3.05) is 19.6 Å². The van der Waals surface area contributed by atoms with Gasteiger partial charge < -0.3 is 9.47 Å². The fourth-order valence-corrected chi connectivity index (χ4v) is 4.20. The number of hydrogen-bond donors (Lipinski definition) is 1. The summed E-state index contributed by atoms with van der Waals surface area (Å²) in [6.45, 7) is 6.27. The van der Waals surface area contributed by atoms with Gasteiger partial charge in [-0.1, -0.05) is 13.8 Å². The van der Waals surface area contributed by atoms with Crippen LogP contribution in [0, 0.1) is 5.92 Å². The Labute approximate surface area is 129 Å². The summed E-state index contributed by atoms with van der Waals surface area (Å²) in [6, 6.07) is -0.244. The van der Waals surface area contributed by atoms with Gasteiger partial charge in [-0.15, -0.1) is 0 Å². The third-order valence-corrected chi connectivity index (χ3v) is 5.62. The molecule has 0 aromatic carbocycles. The average Bonchev–Trinajstić information content (AvgIpc) is 2.80. The fraction of sp³-hybridized carbons (Fsp3) is 0.692. The molecule has 2 unspecified atom stereocenters. The van der Waals surface area contributed by atoms with E-state index in [1.165, 1.54) is 14.1 Å². The van der Waals surface area contributed by atoms with Crippen molar-refractivity contribution in [2.24, 2.45) is 20.0 Å². The fourth-order valence-electron chi connectivity index (χ4n) is 2.70. The minimum Gasteiger partial charge on any atom is -0.302 e. The number of likely N-dealkylation sites (N-methyl/N-ethyl adjacent to an activating group) is 1. The van der Waals surface area contributed by atoms with Crippen LogP contribution in [-0.2, 0) is 24.1 Å². The van der Waals surface area contributed by atoms with Gasteiger partial charge in [-0.2, -0.15) is 0 Å². The molecule has 0 bridgehead atoms. The molecule has 1 aliphatic rings. The Morgan fingerprint density at radius 3 is 2.45 bits per heavy atom. The topological polar surface area (TPSA) is 93.4 Å². The highest BCUT2D eigenvalue weighted by atomic mass is 32.2. The van der Waals surface area contributed by atoms with E-state index in [2.05, 4.69) is 9.62 Å². The van der Waals surface area contributed by atoms with Crippen LogP contribution >= 0.6 is 0 Å². The Hall–Kier alpha value is -1.45. The summed E-state index contributed by atoms with van der Waals surface area (Å²) in [5, 5.41) is 0. The number of hydrogen-bond acceptors (Lipinski definition) is 5. The zero-order chi connectivity index (χ0) is 16.7. The molecule has 2 atom stereocenters. The average molecular weight is 330 g/mol. The lowest BCUT2D eigenvalue weighted by molar-refractivity contribution is 0.344. The van der Waals surface area contributed by atoms with Gasteiger partial charge in [0.15, 0.2) is 4.90 Å². The van der Waals surface area contributed by atoms with Crippen molar-refractivity contribution in [3.05, 3.63) is 27.0 Å². The van der Waals surface area contributed by atoms with E-state index >= 15 is 0 Å². The molecule has 1 saturated heterocycles. The second kappa shape index (κ2) is 5.98. The third-order valence-electron chi connectivity index (χ3n) is 4.15. The van der Waals surface area contributed by atoms with Crippen molar-refractivity contribution in [1.29, 1.82) is 0 Å². The van der Waals surface area contributed by atoms with Gasteiger partial charge in [0.25, 0.3) is 5.56 Å². The van der Waals surface area contributed by atoms with E-state index in [4.69, 9.17) is 0 Å². The van der Waals surface area contributed by atoms with Crippen LogP contribution in [0.4, 0.5) is 0 Å². The standard InChI is InChI=1S/C13H22N4O4S/c1-5-17-6-9(2)10(7-17)14-22(20,21)11-8-15(3)13(19)16(4)12(11)18/h8-10,14H,5-7H2,1-4H3. The number of aromatic nitrogens is 2. The molecular formula is C13H22N4O4S. The number of likely N-dealkylation sites (tertiary alicyclic amines) is 1. The lowest BCUT2D eigenvalue weighted by atomic mass is 10.1. The smallest absolute Gasteiger partial charge is 0.302 e. The Balaban J connectivity index is 2.37. The van der Waals surface area contributed by atoms with Gasteiger partial charge in [0.1, 0.15) is 0 Å². The number of rotatable bonds is 4. The maximum absolute atomic E-state index is 12.5. The molecule has 1 fully saturated rings. The number of nitrogens with zero attached hydrogens (tertiary/aromatic N) is 3. The van der Waals surface area contributed by atoms with E-state index in [1.807, 2.05) is 13.8 Å². The summed E-state index contributed by atoms with van der Waals surface area (Å²) in [4.78, 5) is 25.5. The summed E-state index contributed by atoms with van der Waals surface area (Å²) in [6.07, 6.45) is 1.07. The summed E-state index contributed by atoms with van der Waals surface area (Å²) in [7, 11) is -1.29. The van der Waals surface area contributed by atoms with Crippen molar-refractivity contribution >= 4 is 10.0 Å². The Kier molecular flexibility index (Phi) is 4.59. The van der Waals surface area contributed by atoms with Crippen molar-refractivity contribution in [2.45, 2.75) is 24.8 Å². The van der Waals surface area contributed by atoms with Gasteiger partial charge in [-0.3, -0.25) is 9.36 Å². The van der Waals surface area contributed by atoms with Crippen LogP contribution in [0.25, 0.3) is 0 Å². The molecule has 0 radical (unpaired) electrons. The van der Waals surface area contributed by atoms with Crippen LogP contribution in [0.2, 0.25) is 0 Å². The van der Waals surface area contributed by atoms with E-state index in [-0.39, 0.29) is 12.0 Å². The number of sulfonamides is 1. The molecule has 2 heterocycles. The van der Waals surface area contributed by atoms with Crippen LogP contribution in [0.3, 0.4) is 0 Å². The van der Waals surface area contributed by atoms with Gasteiger partial charge in [0.2, 0.25) is 10.0 Å². The van der Waals surface area contributed by atoms with Crippen molar-refractivity contribution in [1.82, 2.24) is 18.8 Å². The molecule has 9 heteroatoms. The molecule has 1 N–H and O–H groups in total. The molecule has 0 saturated carbocycles. The molecule has 22 heavy (non-hydrogen) atoms. The molecule has 0 aliphatic carbocycles. The molecule has 2 rings (SSSR count). The molecular weight excluding hydrogens is 308 g/mol. The maximum atomic E-state index is 12.5. The molecule has 8 nitrogen and oxygen atoms in total. The third kappa shape index (κ3) is 3.01. The molecule has 1 aromatic rings. The Morgan fingerprint density at radius 2 is 1.91 bits per heavy atom. The zero-order valence-corrected chi connectivity index (χ0v) is 14.1. The van der Waals surface area contributed by atoms with Crippen LogP contribution in [0.1, 0.15) is 13.8 Å². The quantitative estimate of drug-likeness (QED) is 0.741. The monoisotopic (exact) mass is 330 g/mol. The predicted octanol–water partition coefficient (Wildman–Crippen LogP) is -1.30. The maximum Gasteiger partial charge on any atom is 0.330 e. The van der Waals surface area contributed by atoms with Crippen LogP contribution in [0.5, 0.6) is 0 Å². The molecule has 0 amide bonds. The van der Waals surface area contributed by atoms with E-state index in [0.717, 1.165) is 28.4 Å². The van der Waals surface area contributed by atoms with Crippen LogP contribution < -0.4 is 16.0 Å². The predicted molar refractivity (Wildman–Crippen MR) is 82.3 cm³/mol. The minimum absolute atomic E-state index is 0.158. The first-order valence-electron chi connectivity index (χ1n) is 7.18. The SMILES string of the molecule is CCN1CC(C)C(NS(=O)(=O)c2cn(C)c(=O)n(C)c2=O)C1. The van der Waals surface area contributed by atoms with Crippen molar-refractivity contribution in [3.63, 3.8) is 0 Å². The van der Waals surface area contributed by atoms with Crippen molar-refractivity contribution in [3.8, 4) is 0 Å². The Morgan fingerprint density at radius 1 is 1.27 bits per heavy atom. The van der Waals surface area contributed by atoms with E-state index in [1.54, 1.807) is 0 Å². The highest BCUT2D eigenvalue weighted by Gasteiger charge is 2.33. The van der Waals surface area contributed by atoms with Gasteiger partial charge >= 0.3 is 5.69 Å². The first-order valence-corrected chi connectivity index (χ1v) is 8.67. The first kappa shape index (κ1) is 16.9. The summed E-state index contributed by atoms with van der Waals surface area (Å²) in [5.74, 6) is 0.158. The van der Waals surface area contributed by atoms with Crippen molar-refractivity contribution < 1.29 is 8.42 Å². The second-order valence-electron chi connectivity index (χ2n) is 5.81. The Bertz CT molecular complexity index is 780. The lowest BCUT2D eigenvalue weighted by Crippen LogP contribution is -2.45. The molecule has 1 aromatic heterocycles. The van der Waals surface area contributed by atoms with E-state index < -0.39 is 26.2 Å². The molecule has 1 aliphatic heterocycles. The van der Waals surface area contributed by atoms with Crippen LogP contribution in [0.15, 0.2) is 20.7 Å². The second-order valence-corrected chi connectivity index (χ2v) is 7.49. The molecule has 124 valence electrons. The first-order chi connectivity index (χ1) is 10.2. The number of aryl methyl sites for hydroxylation is 1. The van der Waals surface area contributed by atoms with Gasteiger partial charge in [0, 0.05) is 39.4 Å². The summed E-state index contributed by atoms with van der Waals surface area (Å²) < 4.78 is 29.5. The number of nitrogens with one attached hydrogen (secondary N) is 1. The van der Waals surface area contributed by atoms with Crippen LogP contribution in [-0.4, -0.2) is 48.1 Å². The largest absolute Gasteiger partial charge is 0.330 e. The van der Waals surface area contributed by atoms with Gasteiger partial charge in [0.05, 0.1) is 0 Å².